The highest BCUT2D eigenvalue weighted by molar-refractivity contribution is 6.00. The summed E-state index contributed by atoms with van der Waals surface area (Å²) >= 11 is 0. The van der Waals surface area contributed by atoms with Crippen molar-refractivity contribution in [2.45, 2.75) is 45.1 Å². The summed E-state index contributed by atoms with van der Waals surface area (Å²) in [5.41, 5.74) is 2.60. The van der Waals surface area contributed by atoms with E-state index in [1.807, 2.05) is 30.3 Å². The van der Waals surface area contributed by atoms with Gasteiger partial charge in [-0.25, -0.2) is 0 Å². The number of hydrogen-bond donors (Lipinski definition) is 1. The van der Waals surface area contributed by atoms with Gasteiger partial charge in [0.15, 0.2) is 5.82 Å². The molecule has 3 aromatic rings. The van der Waals surface area contributed by atoms with Crippen molar-refractivity contribution in [1.82, 2.24) is 5.16 Å². The Labute approximate surface area is 209 Å². The van der Waals surface area contributed by atoms with Gasteiger partial charge in [0.25, 0.3) is 5.91 Å². The molecule has 1 aliphatic carbocycles. The minimum absolute atomic E-state index is 0.0413. The van der Waals surface area contributed by atoms with Gasteiger partial charge in [0.2, 0.25) is 12.0 Å². The average Bonchev–Trinajstić information content (AvgIpc) is 3.53. The van der Waals surface area contributed by atoms with Crippen LogP contribution in [0.3, 0.4) is 0 Å². The Bertz CT molecular complexity index is 1250. The number of amides is 2. The van der Waals surface area contributed by atoms with Gasteiger partial charge in [0, 0.05) is 23.9 Å². The van der Waals surface area contributed by atoms with Crippen molar-refractivity contribution < 1.29 is 23.6 Å². The number of nitrogens with one attached hydrogen (secondary N) is 1. The molecule has 0 saturated heterocycles. The highest BCUT2D eigenvalue weighted by Crippen LogP contribution is 2.37. The van der Waals surface area contributed by atoms with E-state index in [0.29, 0.717) is 30.7 Å². The van der Waals surface area contributed by atoms with Crippen LogP contribution in [0.15, 0.2) is 65.2 Å². The molecule has 1 aromatic heterocycles. The molecule has 0 spiro atoms. The van der Waals surface area contributed by atoms with Gasteiger partial charge in [-0.05, 0) is 37.8 Å². The second-order valence-electron chi connectivity index (χ2n) is 9.41. The fraction of sp³-hybridized carbons (Fsp3) is 0.357. The molecule has 1 fully saturated rings. The number of anilines is 2. The molecular formula is C28H29N3O5. The monoisotopic (exact) mass is 487 g/mol. The average molecular weight is 488 g/mol. The van der Waals surface area contributed by atoms with Crippen molar-refractivity contribution in [2.24, 2.45) is 11.8 Å². The van der Waals surface area contributed by atoms with Crippen LogP contribution in [0, 0.1) is 18.8 Å². The third-order valence-corrected chi connectivity index (χ3v) is 6.99. The van der Waals surface area contributed by atoms with Gasteiger partial charge in [-0.3, -0.25) is 14.4 Å². The van der Waals surface area contributed by atoms with Crippen molar-refractivity contribution in [2.75, 3.05) is 16.8 Å². The maximum absolute atomic E-state index is 13.6. The van der Waals surface area contributed by atoms with Crippen LogP contribution in [0.1, 0.15) is 48.7 Å². The van der Waals surface area contributed by atoms with Crippen molar-refractivity contribution in [3.8, 4) is 0 Å². The zero-order chi connectivity index (χ0) is 25.1. The van der Waals surface area contributed by atoms with Gasteiger partial charge >= 0.3 is 5.97 Å². The standard InChI is InChI=1S/C28H29N3O5/c1-18-17-24(30-36-18)29-26(32)25(20-10-3-2-4-11-20)35-28(34)22-13-7-6-12-21(22)27(33)31-16-15-19-9-5-8-14-23(19)31/h2-5,8-11,14,17,21-22,25H,6-7,12-13,15-16H2,1H3,(H,29,30,32). The van der Waals surface area contributed by atoms with Crippen LogP contribution in [0.2, 0.25) is 0 Å². The van der Waals surface area contributed by atoms with Crippen LogP contribution in [-0.2, 0) is 25.5 Å². The summed E-state index contributed by atoms with van der Waals surface area (Å²) in [5, 5.41) is 6.46. The molecule has 2 heterocycles. The van der Waals surface area contributed by atoms with Gasteiger partial charge < -0.3 is 19.5 Å². The first-order valence-corrected chi connectivity index (χ1v) is 12.4. The topological polar surface area (TPSA) is 102 Å². The Balaban J connectivity index is 1.35. The van der Waals surface area contributed by atoms with E-state index >= 15 is 0 Å². The molecule has 0 bridgehead atoms. The fourth-order valence-electron chi connectivity index (χ4n) is 5.20. The molecule has 0 radical (unpaired) electrons. The molecule has 2 amide bonds. The zero-order valence-electron chi connectivity index (χ0n) is 20.2. The van der Waals surface area contributed by atoms with Crippen molar-refractivity contribution >= 4 is 29.3 Å². The van der Waals surface area contributed by atoms with Crippen LogP contribution in [0.4, 0.5) is 11.5 Å². The SMILES string of the molecule is Cc1cc(NC(=O)C(OC(=O)C2CCCCC2C(=O)N2CCc3ccccc32)c2ccccc2)no1. The number of carbonyl (C=O) groups is 3. The van der Waals surface area contributed by atoms with E-state index in [1.54, 1.807) is 42.2 Å². The third-order valence-electron chi connectivity index (χ3n) is 6.99. The maximum Gasteiger partial charge on any atom is 0.310 e. The highest BCUT2D eigenvalue weighted by atomic mass is 16.5. The van der Waals surface area contributed by atoms with Gasteiger partial charge in [0.1, 0.15) is 5.76 Å². The van der Waals surface area contributed by atoms with Crippen LogP contribution < -0.4 is 10.2 Å². The minimum Gasteiger partial charge on any atom is -0.447 e. The number of aromatic nitrogens is 1. The number of nitrogens with zero attached hydrogens (tertiary/aromatic N) is 2. The normalized spacial score (nSPS) is 19.9. The lowest BCUT2D eigenvalue weighted by Crippen LogP contribution is -2.43. The van der Waals surface area contributed by atoms with Gasteiger partial charge in [0.05, 0.1) is 11.8 Å². The summed E-state index contributed by atoms with van der Waals surface area (Å²) in [7, 11) is 0. The maximum atomic E-state index is 13.6. The lowest BCUT2D eigenvalue weighted by Gasteiger charge is -2.33. The summed E-state index contributed by atoms with van der Waals surface area (Å²) < 4.78 is 10.9. The quantitative estimate of drug-likeness (QED) is 0.510. The molecule has 1 N–H and O–H groups in total. The van der Waals surface area contributed by atoms with Crippen LogP contribution in [0.25, 0.3) is 0 Å². The number of esters is 1. The molecule has 3 unspecified atom stereocenters. The largest absolute Gasteiger partial charge is 0.447 e. The predicted octanol–water partition coefficient (Wildman–Crippen LogP) is 4.60. The van der Waals surface area contributed by atoms with Gasteiger partial charge in [-0.1, -0.05) is 66.5 Å². The van der Waals surface area contributed by atoms with Crippen molar-refractivity contribution in [3.63, 3.8) is 0 Å². The Morgan fingerprint density at radius 1 is 1.03 bits per heavy atom. The molecule has 8 heteroatoms. The number of carbonyl (C=O) groups excluding carboxylic acids is 3. The van der Waals surface area contributed by atoms with Crippen molar-refractivity contribution in [3.05, 3.63) is 77.6 Å². The van der Waals surface area contributed by atoms with Gasteiger partial charge in [-0.2, -0.15) is 0 Å². The van der Waals surface area contributed by atoms with E-state index in [4.69, 9.17) is 9.26 Å². The predicted molar refractivity (Wildman–Crippen MR) is 133 cm³/mol. The van der Waals surface area contributed by atoms with E-state index in [-0.39, 0.29) is 11.7 Å². The molecule has 186 valence electrons. The second kappa shape index (κ2) is 10.4. The van der Waals surface area contributed by atoms with Crippen LogP contribution >= 0.6 is 0 Å². The third kappa shape index (κ3) is 4.89. The first-order valence-electron chi connectivity index (χ1n) is 12.4. The number of fused-ring (bicyclic) bond motifs is 1. The highest BCUT2D eigenvalue weighted by Gasteiger charge is 2.42. The molecule has 5 rings (SSSR count). The molecule has 1 saturated carbocycles. The summed E-state index contributed by atoms with van der Waals surface area (Å²) in [6, 6.07) is 18.3. The van der Waals surface area contributed by atoms with E-state index in [9.17, 15) is 14.4 Å². The molecular weight excluding hydrogens is 458 g/mol. The van der Waals surface area contributed by atoms with E-state index in [2.05, 4.69) is 10.5 Å². The molecule has 3 atom stereocenters. The van der Waals surface area contributed by atoms with Crippen molar-refractivity contribution in [1.29, 1.82) is 0 Å². The number of ether oxygens (including phenoxy) is 1. The number of para-hydroxylation sites is 1. The van der Waals surface area contributed by atoms with E-state index < -0.39 is 29.8 Å². The Kier molecular flexibility index (Phi) is 6.84. The number of aryl methyl sites for hydroxylation is 1. The molecule has 2 aliphatic rings. The molecule has 8 nitrogen and oxygen atoms in total. The van der Waals surface area contributed by atoms with E-state index in [0.717, 1.165) is 30.5 Å². The zero-order valence-corrected chi connectivity index (χ0v) is 20.2. The van der Waals surface area contributed by atoms with Crippen LogP contribution in [0.5, 0.6) is 0 Å². The molecule has 36 heavy (non-hydrogen) atoms. The second-order valence-corrected chi connectivity index (χ2v) is 9.41. The Hall–Kier alpha value is -3.94. The number of rotatable bonds is 6. The lowest BCUT2D eigenvalue weighted by molar-refractivity contribution is -0.163. The fourth-order valence-corrected chi connectivity index (χ4v) is 5.20. The first kappa shape index (κ1) is 23.8. The first-order chi connectivity index (χ1) is 17.5. The summed E-state index contributed by atoms with van der Waals surface area (Å²) in [4.78, 5) is 42.1. The lowest BCUT2D eigenvalue weighted by atomic mass is 9.78. The van der Waals surface area contributed by atoms with Crippen LogP contribution in [-0.4, -0.2) is 29.5 Å². The van der Waals surface area contributed by atoms with E-state index in [1.165, 1.54) is 0 Å². The molecule has 1 aliphatic heterocycles. The minimum atomic E-state index is -1.18. The number of hydrogen-bond acceptors (Lipinski definition) is 6. The Morgan fingerprint density at radius 3 is 2.50 bits per heavy atom. The van der Waals surface area contributed by atoms with Gasteiger partial charge in [-0.15, -0.1) is 0 Å². The summed E-state index contributed by atoms with van der Waals surface area (Å²) in [5.74, 6) is -1.39. The Morgan fingerprint density at radius 2 is 1.75 bits per heavy atom. The smallest absolute Gasteiger partial charge is 0.310 e. The number of benzene rings is 2. The summed E-state index contributed by atoms with van der Waals surface area (Å²) in [6.07, 6.45) is 2.51. The molecule has 2 aromatic carbocycles. The summed E-state index contributed by atoms with van der Waals surface area (Å²) in [6.45, 7) is 2.33.